The van der Waals surface area contributed by atoms with Crippen LogP contribution < -0.4 is 0 Å². The molecule has 164 valence electrons. The molecule has 5 heteroatoms. The highest BCUT2D eigenvalue weighted by molar-refractivity contribution is 7.79. The van der Waals surface area contributed by atoms with Gasteiger partial charge in [0.25, 0.3) is 0 Å². The van der Waals surface area contributed by atoms with Crippen LogP contribution in [0.2, 0.25) is 0 Å². The Balaban J connectivity index is 1.56. The van der Waals surface area contributed by atoms with Crippen LogP contribution >= 0.6 is 12.6 Å². The van der Waals surface area contributed by atoms with Crippen molar-refractivity contribution in [3.05, 3.63) is 113 Å². The number of hydrogen-bond donors (Lipinski definition) is 1. The fourth-order valence-corrected chi connectivity index (χ4v) is 4.96. The van der Waals surface area contributed by atoms with E-state index in [2.05, 4.69) is 47.9 Å². The molecule has 0 N–H and O–H groups in total. The molecule has 3 aromatic rings. The van der Waals surface area contributed by atoms with Gasteiger partial charge in [0.1, 0.15) is 5.82 Å². The second kappa shape index (κ2) is 9.20. The molecule has 0 bridgehead atoms. The lowest BCUT2D eigenvalue weighted by Crippen LogP contribution is -2.49. The molecule has 2 aliphatic heterocycles. The van der Waals surface area contributed by atoms with E-state index in [4.69, 9.17) is 9.47 Å². The van der Waals surface area contributed by atoms with Gasteiger partial charge in [0, 0.05) is 12.3 Å². The largest absolute Gasteiger partial charge is 0.372 e. The summed E-state index contributed by atoms with van der Waals surface area (Å²) in [5.41, 5.74) is 4.97. The van der Waals surface area contributed by atoms with Gasteiger partial charge in [-0.1, -0.05) is 66.7 Å². The molecule has 0 amide bonds. The summed E-state index contributed by atoms with van der Waals surface area (Å²) in [6, 6.07) is 25.4. The normalized spacial score (nSPS) is 23.4. The lowest BCUT2D eigenvalue weighted by atomic mass is 9.95. The fourth-order valence-electron chi connectivity index (χ4n) is 4.68. The van der Waals surface area contributed by atoms with Crippen molar-refractivity contribution in [2.45, 2.75) is 24.1 Å². The van der Waals surface area contributed by atoms with Crippen molar-refractivity contribution in [3.63, 3.8) is 0 Å². The Labute approximate surface area is 193 Å². The number of benzene rings is 3. The van der Waals surface area contributed by atoms with E-state index >= 15 is 0 Å². The summed E-state index contributed by atoms with van der Waals surface area (Å²) in [5.74, 6) is 0.427. The standard InChI is InChI=1S/C27H26FNO2S/c28-24-12-10-21(11-13-24)26-17-31-27(29(26)15-20-6-2-1-3-7-20)14-23(16-30-19-27)25-9-5-4-8-22(25)18-32/h1-14,26,32H,15-19H2/t26-,27?/m1/s1. The highest BCUT2D eigenvalue weighted by atomic mass is 32.1. The topological polar surface area (TPSA) is 21.7 Å². The fraction of sp³-hybridized carbons (Fsp3) is 0.259. The van der Waals surface area contributed by atoms with Crippen molar-refractivity contribution in [2.75, 3.05) is 19.8 Å². The number of halogens is 1. The van der Waals surface area contributed by atoms with Crippen molar-refractivity contribution in [1.82, 2.24) is 4.90 Å². The molecule has 2 heterocycles. The maximum Gasteiger partial charge on any atom is 0.165 e. The van der Waals surface area contributed by atoms with Crippen molar-refractivity contribution in [2.24, 2.45) is 0 Å². The Kier molecular flexibility index (Phi) is 6.15. The van der Waals surface area contributed by atoms with Gasteiger partial charge in [-0.25, -0.2) is 4.39 Å². The Morgan fingerprint density at radius 1 is 0.969 bits per heavy atom. The maximum absolute atomic E-state index is 13.6. The second-order valence-corrected chi connectivity index (χ2v) is 8.63. The van der Waals surface area contributed by atoms with Crippen LogP contribution in [0.1, 0.15) is 28.3 Å². The lowest BCUT2D eigenvalue weighted by molar-refractivity contribution is -0.105. The van der Waals surface area contributed by atoms with Crippen LogP contribution in [-0.4, -0.2) is 30.4 Å². The molecular formula is C27H26FNO2S. The molecule has 0 aliphatic carbocycles. The van der Waals surface area contributed by atoms with E-state index in [0.717, 1.165) is 16.7 Å². The second-order valence-electron chi connectivity index (χ2n) is 8.31. The Morgan fingerprint density at radius 3 is 2.50 bits per heavy atom. The molecule has 5 rings (SSSR count). The summed E-state index contributed by atoms with van der Waals surface area (Å²) in [5, 5.41) is 0. The molecule has 2 aliphatic rings. The van der Waals surface area contributed by atoms with Crippen LogP contribution in [0.25, 0.3) is 5.57 Å². The molecule has 0 radical (unpaired) electrons. The van der Waals surface area contributed by atoms with Gasteiger partial charge in [-0.2, -0.15) is 12.6 Å². The molecule has 2 atom stereocenters. The van der Waals surface area contributed by atoms with Crippen molar-refractivity contribution < 1.29 is 13.9 Å². The first-order valence-corrected chi connectivity index (χ1v) is 11.5. The predicted molar refractivity (Wildman–Crippen MR) is 128 cm³/mol. The first-order chi connectivity index (χ1) is 15.7. The van der Waals surface area contributed by atoms with Gasteiger partial charge in [-0.05, 0) is 46.0 Å². The minimum atomic E-state index is -0.688. The van der Waals surface area contributed by atoms with E-state index in [1.807, 2.05) is 42.5 Å². The molecule has 3 aromatic carbocycles. The first-order valence-electron chi connectivity index (χ1n) is 10.9. The number of rotatable bonds is 5. The monoisotopic (exact) mass is 447 g/mol. The zero-order valence-corrected chi connectivity index (χ0v) is 18.7. The molecule has 32 heavy (non-hydrogen) atoms. The van der Waals surface area contributed by atoms with Crippen LogP contribution in [0.5, 0.6) is 0 Å². The molecule has 1 saturated heterocycles. The molecule has 1 spiro atoms. The molecule has 1 unspecified atom stereocenters. The van der Waals surface area contributed by atoms with E-state index in [0.29, 0.717) is 32.1 Å². The summed E-state index contributed by atoms with van der Waals surface area (Å²) < 4.78 is 26.2. The third-order valence-corrected chi connectivity index (χ3v) is 6.64. The average Bonchev–Trinajstić information content (AvgIpc) is 3.17. The van der Waals surface area contributed by atoms with Crippen LogP contribution in [-0.2, 0) is 21.8 Å². The van der Waals surface area contributed by atoms with Crippen LogP contribution in [0.15, 0.2) is 84.9 Å². The van der Waals surface area contributed by atoms with Gasteiger partial charge in [-0.15, -0.1) is 0 Å². The summed E-state index contributed by atoms with van der Waals surface area (Å²) in [6.07, 6.45) is 2.23. The highest BCUT2D eigenvalue weighted by Crippen LogP contribution is 2.43. The average molecular weight is 448 g/mol. The molecule has 0 saturated carbocycles. The minimum Gasteiger partial charge on any atom is -0.372 e. The quantitative estimate of drug-likeness (QED) is 0.512. The smallest absolute Gasteiger partial charge is 0.165 e. The van der Waals surface area contributed by atoms with E-state index < -0.39 is 5.72 Å². The zero-order chi connectivity index (χ0) is 22.0. The third kappa shape index (κ3) is 4.14. The Hall–Kier alpha value is -2.44. The van der Waals surface area contributed by atoms with Gasteiger partial charge in [-0.3, -0.25) is 4.90 Å². The predicted octanol–water partition coefficient (Wildman–Crippen LogP) is 5.64. The maximum atomic E-state index is 13.6. The van der Waals surface area contributed by atoms with E-state index in [-0.39, 0.29) is 11.9 Å². The van der Waals surface area contributed by atoms with Crippen LogP contribution in [0.3, 0.4) is 0 Å². The summed E-state index contributed by atoms with van der Waals surface area (Å²) in [6.45, 7) is 2.20. The lowest BCUT2D eigenvalue weighted by Gasteiger charge is -2.40. The first kappa shape index (κ1) is 21.4. The molecular weight excluding hydrogens is 421 g/mol. The van der Waals surface area contributed by atoms with Gasteiger partial charge in [0.15, 0.2) is 5.72 Å². The molecule has 3 nitrogen and oxygen atoms in total. The van der Waals surface area contributed by atoms with Crippen molar-refractivity contribution in [3.8, 4) is 0 Å². The van der Waals surface area contributed by atoms with Crippen molar-refractivity contribution >= 4 is 18.2 Å². The van der Waals surface area contributed by atoms with E-state index in [1.165, 1.54) is 23.3 Å². The van der Waals surface area contributed by atoms with Crippen molar-refractivity contribution in [1.29, 1.82) is 0 Å². The van der Waals surface area contributed by atoms with E-state index in [9.17, 15) is 4.39 Å². The Bertz CT molecular complexity index is 1100. The highest BCUT2D eigenvalue weighted by Gasteiger charge is 2.48. The van der Waals surface area contributed by atoms with Crippen LogP contribution in [0.4, 0.5) is 4.39 Å². The molecule has 0 aromatic heterocycles. The van der Waals surface area contributed by atoms with Gasteiger partial charge in [0.2, 0.25) is 0 Å². The summed E-state index contributed by atoms with van der Waals surface area (Å²) in [4.78, 5) is 2.35. The Morgan fingerprint density at radius 2 is 1.72 bits per heavy atom. The number of ether oxygens (including phenoxy) is 2. The number of hydrogen-bond acceptors (Lipinski definition) is 4. The SMILES string of the molecule is Fc1ccc([C@H]2COC3(C=C(c4ccccc4CS)COC3)N2Cc2ccccc2)cc1. The minimum absolute atomic E-state index is 0.00451. The summed E-state index contributed by atoms with van der Waals surface area (Å²) in [7, 11) is 0. The summed E-state index contributed by atoms with van der Waals surface area (Å²) >= 11 is 4.51. The zero-order valence-electron chi connectivity index (χ0n) is 17.8. The molecule has 1 fully saturated rings. The third-order valence-electron chi connectivity index (χ3n) is 6.30. The van der Waals surface area contributed by atoms with Gasteiger partial charge >= 0.3 is 0 Å². The number of nitrogens with zero attached hydrogens (tertiary/aromatic N) is 1. The van der Waals surface area contributed by atoms with Crippen LogP contribution in [0, 0.1) is 5.82 Å². The van der Waals surface area contributed by atoms with Gasteiger partial charge in [0.05, 0.1) is 25.9 Å². The van der Waals surface area contributed by atoms with Gasteiger partial charge < -0.3 is 9.47 Å². The number of thiol groups is 1. The van der Waals surface area contributed by atoms with E-state index in [1.54, 1.807) is 0 Å².